The van der Waals surface area contributed by atoms with Crippen molar-refractivity contribution in [1.82, 2.24) is 9.97 Å². The summed E-state index contributed by atoms with van der Waals surface area (Å²) in [5, 5.41) is 8.15. The third kappa shape index (κ3) is 4.88. The molecule has 9 aromatic rings. The van der Waals surface area contributed by atoms with Crippen LogP contribution in [-0.4, -0.2) is 17.1 Å². The minimum Gasteiger partial charge on any atom is -0.490 e. The van der Waals surface area contributed by atoms with Crippen LogP contribution in [-0.2, 0) is 6.54 Å². The first kappa shape index (κ1) is 29.7. The number of nitrogens with zero attached hydrogens (tertiary/aromatic N) is 3. The number of hydrogen-bond acceptors (Lipinski definition) is 3. The van der Waals surface area contributed by atoms with Gasteiger partial charge in [-0.1, -0.05) is 115 Å². The van der Waals surface area contributed by atoms with Crippen molar-refractivity contribution in [3.63, 3.8) is 0 Å². The molecule has 0 saturated heterocycles. The maximum atomic E-state index is 6.28. The number of methoxy groups -OCH3 is 1. The SMILES string of the molecule is CC[n+]1cccc2ccc(-c3c4ccccc4cc4c3ccc3c(-c5nc(-c6ccccc6)cc(-c6ccccc6)n5)cccc34)c(OC)c21. The van der Waals surface area contributed by atoms with Crippen molar-refractivity contribution in [3.05, 3.63) is 158 Å². The molecule has 0 saturated carbocycles. The van der Waals surface area contributed by atoms with Gasteiger partial charge in [0.2, 0.25) is 0 Å². The zero-order chi connectivity index (χ0) is 33.6. The molecule has 7 aromatic carbocycles. The molecule has 2 aromatic heterocycles. The van der Waals surface area contributed by atoms with E-state index in [2.05, 4.69) is 157 Å². The van der Waals surface area contributed by atoms with Gasteiger partial charge in [0, 0.05) is 33.9 Å². The van der Waals surface area contributed by atoms with Crippen molar-refractivity contribution >= 4 is 43.2 Å². The number of benzene rings is 7. The Morgan fingerprint density at radius 3 is 1.90 bits per heavy atom. The van der Waals surface area contributed by atoms with Crippen LogP contribution in [0.15, 0.2) is 158 Å². The second kappa shape index (κ2) is 12.2. The Balaban J connectivity index is 1.33. The fraction of sp³-hybridized carbons (Fsp3) is 0.0652. The Morgan fingerprint density at radius 2 is 1.18 bits per heavy atom. The lowest BCUT2D eigenvalue weighted by atomic mass is 9.88. The molecule has 0 spiro atoms. The van der Waals surface area contributed by atoms with Crippen molar-refractivity contribution in [2.75, 3.05) is 7.11 Å². The molecule has 0 aliphatic heterocycles. The molecule has 0 fully saturated rings. The van der Waals surface area contributed by atoms with E-state index in [-0.39, 0.29) is 0 Å². The fourth-order valence-electron chi connectivity index (χ4n) is 7.48. The number of pyridine rings is 1. The molecule has 0 amide bonds. The molecular formula is C46H34N3O+. The largest absolute Gasteiger partial charge is 0.490 e. The predicted octanol–water partition coefficient (Wildman–Crippen LogP) is 11.1. The molecule has 4 nitrogen and oxygen atoms in total. The van der Waals surface area contributed by atoms with E-state index in [0.717, 1.165) is 67.6 Å². The Hall–Kier alpha value is -6.39. The lowest BCUT2D eigenvalue weighted by Crippen LogP contribution is -2.32. The van der Waals surface area contributed by atoms with E-state index in [1.165, 1.54) is 27.1 Å². The molecule has 0 bridgehead atoms. The van der Waals surface area contributed by atoms with Gasteiger partial charge >= 0.3 is 0 Å². The molecule has 0 atom stereocenters. The quantitative estimate of drug-likeness (QED) is 0.103. The second-order valence-corrected chi connectivity index (χ2v) is 12.6. The van der Waals surface area contributed by atoms with Gasteiger partial charge < -0.3 is 4.74 Å². The van der Waals surface area contributed by atoms with Gasteiger partial charge in [0.05, 0.1) is 23.9 Å². The molecular weight excluding hydrogens is 611 g/mol. The molecule has 0 N–H and O–H groups in total. The average Bonchev–Trinajstić information content (AvgIpc) is 3.19. The smallest absolute Gasteiger partial charge is 0.255 e. The third-order valence-corrected chi connectivity index (χ3v) is 9.81. The van der Waals surface area contributed by atoms with Gasteiger partial charge in [-0.3, -0.25) is 0 Å². The van der Waals surface area contributed by atoms with Crippen LogP contribution in [0.5, 0.6) is 5.75 Å². The van der Waals surface area contributed by atoms with Crippen molar-refractivity contribution in [1.29, 1.82) is 0 Å². The number of rotatable bonds is 6. The highest BCUT2D eigenvalue weighted by atomic mass is 16.5. The summed E-state index contributed by atoms with van der Waals surface area (Å²) in [6.07, 6.45) is 2.13. The lowest BCUT2D eigenvalue weighted by molar-refractivity contribution is -0.668. The number of fused-ring (bicyclic) bond motifs is 5. The molecule has 0 aliphatic rings. The number of aromatic nitrogens is 3. The highest BCUT2D eigenvalue weighted by Gasteiger charge is 2.23. The number of aryl methyl sites for hydroxylation is 1. The van der Waals surface area contributed by atoms with Gasteiger partial charge in [-0.05, 0) is 69.6 Å². The van der Waals surface area contributed by atoms with Crippen LogP contribution in [0.2, 0.25) is 0 Å². The van der Waals surface area contributed by atoms with Crippen molar-refractivity contribution < 1.29 is 9.30 Å². The van der Waals surface area contributed by atoms with Gasteiger partial charge in [-0.2, -0.15) is 4.57 Å². The van der Waals surface area contributed by atoms with Crippen LogP contribution in [0.25, 0.3) is 88.2 Å². The summed E-state index contributed by atoms with van der Waals surface area (Å²) < 4.78 is 8.54. The molecule has 2 heterocycles. The van der Waals surface area contributed by atoms with Crippen LogP contribution in [0.4, 0.5) is 0 Å². The average molecular weight is 645 g/mol. The molecule has 9 rings (SSSR count). The highest BCUT2D eigenvalue weighted by Crippen LogP contribution is 2.45. The summed E-state index contributed by atoms with van der Waals surface area (Å²) in [6, 6.07) is 53.5. The van der Waals surface area contributed by atoms with E-state index in [1.54, 1.807) is 7.11 Å². The van der Waals surface area contributed by atoms with Crippen LogP contribution in [0.1, 0.15) is 6.92 Å². The summed E-state index contributed by atoms with van der Waals surface area (Å²) in [6.45, 7) is 3.02. The van der Waals surface area contributed by atoms with E-state index in [0.29, 0.717) is 5.82 Å². The van der Waals surface area contributed by atoms with E-state index in [1.807, 2.05) is 12.1 Å². The lowest BCUT2D eigenvalue weighted by Gasteiger charge is -2.17. The fourth-order valence-corrected chi connectivity index (χ4v) is 7.48. The number of hydrogen-bond donors (Lipinski definition) is 0. The van der Waals surface area contributed by atoms with Gasteiger partial charge in [0.25, 0.3) is 5.52 Å². The summed E-state index contributed by atoms with van der Waals surface area (Å²) in [5.74, 6) is 1.59. The zero-order valence-corrected chi connectivity index (χ0v) is 28.0. The summed E-state index contributed by atoms with van der Waals surface area (Å²) in [7, 11) is 1.79. The molecule has 50 heavy (non-hydrogen) atoms. The van der Waals surface area contributed by atoms with E-state index < -0.39 is 0 Å². The van der Waals surface area contributed by atoms with Gasteiger partial charge in [0.1, 0.15) is 6.54 Å². The maximum Gasteiger partial charge on any atom is 0.255 e. The Labute approximate surface area is 290 Å². The second-order valence-electron chi connectivity index (χ2n) is 12.6. The monoisotopic (exact) mass is 644 g/mol. The topological polar surface area (TPSA) is 38.9 Å². The zero-order valence-electron chi connectivity index (χ0n) is 28.0. The molecule has 4 heteroatoms. The first-order valence-corrected chi connectivity index (χ1v) is 17.1. The van der Waals surface area contributed by atoms with Crippen LogP contribution >= 0.6 is 0 Å². The van der Waals surface area contributed by atoms with Crippen LogP contribution in [0.3, 0.4) is 0 Å². The van der Waals surface area contributed by atoms with Crippen molar-refractivity contribution in [2.45, 2.75) is 13.5 Å². The Bertz CT molecular complexity index is 2660. The summed E-state index contributed by atoms with van der Waals surface area (Å²) >= 11 is 0. The van der Waals surface area contributed by atoms with Gasteiger partial charge in [-0.15, -0.1) is 0 Å². The first-order chi connectivity index (χ1) is 24.7. The van der Waals surface area contributed by atoms with E-state index in [9.17, 15) is 0 Å². The van der Waals surface area contributed by atoms with Crippen LogP contribution in [0, 0.1) is 0 Å². The first-order valence-electron chi connectivity index (χ1n) is 17.1. The predicted molar refractivity (Wildman–Crippen MR) is 206 cm³/mol. The Kier molecular flexibility index (Phi) is 7.28. The minimum absolute atomic E-state index is 0.705. The Morgan fingerprint density at radius 1 is 0.520 bits per heavy atom. The number of ether oxygens (including phenoxy) is 1. The van der Waals surface area contributed by atoms with E-state index in [4.69, 9.17) is 14.7 Å². The van der Waals surface area contributed by atoms with Gasteiger partial charge in [-0.25, -0.2) is 9.97 Å². The van der Waals surface area contributed by atoms with E-state index >= 15 is 0 Å². The van der Waals surface area contributed by atoms with Gasteiger partial charge in [0.15, 0.2) is 17.8 Å². The maximum absolute atomic E-state index is 6.28. The summed E-state index contributed by atoms with van der Waals surface area (Å²) in [5.41, 5.74) is 8.26. The molecule has 0 aliphatic carbocycles. The summed E-state index contributed by atoms with van der Waals surface area (Å²) in [4.78, 5) is 10.4. The van der Waals surface area contributed by atoms with Crippen LogP contribution < -0.4 is 9.30 Å². The highest BCUT2D eigenvalue weighted by molar-refractivity contribution is 6.22. The minimum atomic E-state index is 0.705. The molecule has 238 valence electrons. The van der Waals surface area contributed by atoms with Crippen molar-refractivity contribution in [3.8, 4) is 50.8 Å². The third-order valence-electron chi connectivity index (χ3n) is 9.81. The molecule has 0 unspecified atom stereocenters. The standard InChI is InChI=1S/C46H34N3O/c1-3-49-27-13-19-32-23-24-39(45(50-2)44(32)49)43-34-20-11-10-18-33(34)28-40-35-21-12-22-38(36(35)25-26-37(40)43)46-47-41(30-14-6-4-7-15-30)29-42(48-46)31-16-8-5-9-17-31/h4-29H,3H2,1-2H3/q+1. The van der Waals surface area contributed by atoms with Crippen molar-refractivity contribution in [2.24, 2.45) is 0 Å². The normalized spacial score (nSPS) is 11.5. The molecule has 0 radical (unpaired) electrons.